The summed E-state index contributed by atoms with van der Waals surface area (Å²) < 4.78 is 8.46. The van der Waals surface area contributed by atoms with Crippen LogP contribution in [0.25, 0.3) is 0 Å². The number of hydrogen-bond acceptors (Lipinski definition) is 3. The molecule has 21 heavy (non-hydrogen) atoms. The van der Waals surface area contributed by atoms with Crippen molar-refractivity contribution < 1.29 is 19.4 Å². The van der Waals surface area contributed by atoms with Crippen LogP contribution in [0, 0.1) is 10.7 Å². The highest BCUT2D eigenvalue weighted by molar-refractivity contribution is 14.1. The lowest BCUT2D eigenvalue weighted by molar-refractivity contribution is -0.142. The topological polar surface area (TPSA) is 63.6 Å². The van der Waals surface area contributed by atoms with Crippen LogP contribution in [0.1, 0.15) is 42.5 Å². The van der Waals surface area contributed by atoms with Crippen LogP contribution < -0.4 is 0 Å². The average Bonchev–Trinajstić information content (AvgIpc) is 2.80. The summed E-state index contributed by atoms with van der Waals surface area (Å²) in [6.07, 6.45) is 2.95. The molecule has 0 saturated heterocycles. The van der Waals surface area contributed by atoms with E-state index in [1.807, 2.05) is 6.07 Å². The molecule has 0 spiro atoms. The zero-order chi connectivity index (χ0) is 15.6. The molecule has 114 valence electrons. The number of benzene rings is 1. The van der Waals surface area contributed by atoms with E-state index in [0.717, 1.165) is 23.6 Å². The van der Waals surface area contributed by atoms with Crippen LogP contribution in [0.2, 0.25) is 0 Å². The fourth-order valence-corrected chi connectivity index (χ4v) is 4.94. The number of carbonyl (C=O) groups is 2. The summed E-state index contributed by atoms with van der Waals surface area (Å²) in [4.78, 5) is 23.5. The second kappa shape index (κ2) is 7.28. The highest BCUT2D eigenvalue weighted by Crippen LogP contribution is 2.37. The molecule has 0 aliphatic heterocycles. The predicted molar refractivity (Wildman–Crippen MR) is 103 cm³/mol. The first-order valence-corrected chi connectivity index (χ1v) is 9.66. The van der Waals surface area contributed by atoms with Crippen molar-refractivity contribution in [2.24, 2.45) is 0 Å². The van der Waals surface area contributed by atoms with Gasteiger partial charge in [0.05, 0.1) is 12.0 Å². The predicted octanol–water partition coefficient (Wildman–Crippen LogP) is 4.44. The normalized spacial score (nSPS) is 16.7. The van der Waals surface area contributed by atoms with E-state index in [2.05, 4.69) is 67.8 Å². The minimum atomic E-state index is -0.920. The average molecular weight is 626 g/mol. The number of rotatable bonds is 4. The summed E-state index contributed by atoms with van der Waals surface area (Å²) in [5.41, 5.74) is -0.317. The van der Waals surface area contributed by atoms with Crippen LogP contribution in [-0.4, -0.2) is 22.6 Å². The Morgan fingerprint density at radius 1 is 1.19 bits per heavy atom. The molecule has 0 heterocycles. The summed E-state index contributed by atoms with van der Waals surface area (Å²) in [5.74, 6) is -1.34. The van der Waals surface area contributed by atoms with Gasteiger partial charge in [0.15, 0.2) is 0 Å². The molecule has 0 radical (unpaired) electrons. The lowest BCUT2D eigenvalue weighted by Gasteiger charge is -2.27. The zero-order valence-electron chi connectivity index (χ0n) is 11.0. The van der Waals surface area contributed by atoms with Crippen molar-refractivity contribution in [2.75, 3.05) is 0 Å². The maximum Gasteiger partial charge on any atom is 0.339 e. The summed E-state index contributed by atoms with van der Waals surface area (Å²) >= 11 is 6.47. The molecule has 1 aliphatic rings. The number of halogens is 3. The number of hydrogen-bond donors (Lipinski definition) is 1. The summed E-state index contributed by atoms with van der Waals surface area (Å²) in [5, 5.41) is 9.07. The smallest absolute Gasteiger partial charge is 0.339 e. The van der Waals surface area contributed by atoms with Gasteiger partial charge in [0.2, 0.25) is 0 Å². The minimum Gasteiger partial charge on any atom is -0.481 e. The Hall–Kier alpha value is 0.350. The van der Waals surface area contributed by atoms with Gasteiger partial charge in [0, 0.05) is 10.7 Å². The van der Waals surface area contributed by atoms with Crippen LogP contribution in [0.4, 0.5) is 0 Å². The van der Waals surface area contributed by atoms with Gasteiger partial charge in [-0.25, -0.2) is 4.79 Å². The standard InChI is InChI=1S/C14H13I3O4/c15-8-5-9(12(17)10(16)6-8)13(20)21-14(7-11(18)19)3-1-2-4-14/h5-6H,1-4,7H2,(H,18,19). The summed E-state index contributed by atoms with van der Waals surface area (Å²) in [6, 6.07) is 3.78. The molecule has 1 fully saturated rings. The van der Waals surface area contributed by atoms with Gasteiger partial charge in [0.1, 0.15) is 5.60 Å². The Labute approximate surface area is 163 Å². The number of carboxylic acids is 1. The van der Waals surface area contributed by atoms with Crippen LogP contribution >= 0.6 is 67.8 Å². The molecule has 0 bridgehead atoms. The maximum atomic E-state index is 12.5. The van der Waals surface area contributed by atoms with Gasteiger partial charge in [-0.05, 0) is 106 Å². The van der Waals surface area contributed by atoms with Crippen molar-refractivity contribution in [1.82, 2.24) is 0 Å². The van der Waals surface area contributed by atoms with Gasteiger partial charge >= 0.3 is 11.9 Å². The van der Waals surface area contributed by atoms with Crippen LogP contribution in [0.3, 0.4) is 0 Å². The first-order chi connectivity index (χ1) is 9.83. The first kappa shape index (κ1) is 17.7. The summed E-state index contributed by atoms with van der Waals surface area (Å²) in [7, 11) is 0. The monoisotopic (exact) mass is 626 g/mol. The van der Waals surface area contributed by atoms with Crippen molar-refractivity contribution in [3.05, 3.63) is 28.4 Å². The fraction of sp³-hybridized carbons (Fsp3) is 0.429. The third-order valence-corrected chi connectivity index (χ3v) is 7.18. The lowest BCUT2D eigenvalue weighted by atomic mass is 9.97. The molecule has 0 aromatic heterocycles. The third kappa shape index (κ3) is 4.43. The maximum absolute atomic E-state index is 12.5. The fourth-order valence-electron chi connectivity index (χ4n) is 2.57. The molecule has 2 rings (SSSR count). The molecular formula is C14H13I3O4. The molecule has 7 heteroatoms. The highest BCUT2D eigenvalue weighted by Gasteiger charge is 2.40. The molecule has 4 nitrogen and oxygen atoms in total. The van der Waals surface area contributed by atoms with Crippen LogP contribution in [0.5, 0.6) is 0 Å². The Kier molecular flexibility index (Phi) is 6.14. The van der Waals surface area contributed by atoms with Crippen molar-refractivity contribution >= 4 is 79.7 Å². The van der Waals surface area contributed by atoms with E-state index in [0.29, 0.717) is 18.4 Å². The lowest BCUT2D eigenvalue weighted by Crippen LogP contribution is -2.35. The Morgan fingerprint density at radius 2 is 1.81 bits per heavy atom. The van der Waals surface area contributed by atoms with Gasteiger partial charge in [0.25, 0.3) is 0 Å². The SMILES string of the molecule is O=C(O)CC1(OC(=O)c2cc(I)cc(I)c2I)CCCC1. The number of carboxylic acid groups (broad SMARTS) is 1. The number of esters is 1. The van der Waals surface area contributed by atoms with E-state index in [1.54, 1.807) is 6.07 Å². The molecule has 1 N–H and O–H groups in total. The van der Waals surface area contributed by atoms with Gasteiger partial charge in [-0.1, -0.05) is 0 Å². The van der Waals surface area contributed by atoms with Crippen LogP contribution in [0.15, 0.2) is 12.1 Å². The van der Waals surface area contributed by atoms with E-state index in [-0.39, 0.29) is 6.42 Å². The van der Waals surface area contributed by atoms with Crippen molar-refractivity contribution in [3.8, 4) is 0 Å². The molecule has 1 aromatic rings. The number of carbonyl (C=O) groups excluding carboxylic acids is 1. The molecule has 1 aliphatic carbocycles. The van der Waals surface area contributed by atoms with Gasteiger partial charge in [-0.15, -0.1) is 0 Å². The zero-order valence-corrected chi connectivity index (χ0v) is 17.5. The molecule has 0 unspecified atom stereocenters. The van der Waals surface area contributed by atoms with Gasteiger partial charge < -0.3 is 9.84 Å². The van der Waals surface area contributed by atoms with Crippen LogP contribution in [-0.2, 0) is 9.53 Å². The number of ether oxygens (including phenoxy) is 1. The second-order valence-corrected chi connectivity index (χ2v) is 8.59. The third-order valence-electron chi connectivity index (χ3n) is 3.51. The first-order valence-electron chi connectivity index (χ1n) is 6.43. The number of aliphatic carboxylic acids is 1. The Bertz CT molecular complexity index is 580. The quantitative estimate of drug-likeness (QED) is 0.305. The van der Waals surface area contributed by atoms with E-state index < -0.39 is 17.5 Å². The van der Waals surface area contributed by atoms with Crippen molar-refractivity contribution in [1.29, 1.82) is 0 Å². The van der Waals surface area contributed by atoms with E-state index in [1.165, 1.54) is 0 Å². The molecular weight excluding hydrogens is 613 g/mol. The highest BCUT2D eigenvalue weighted by atomic mass is 127. The largest absolute Gasteiger partial charge is 0.481 e. The summed E-state index contributed by atoms with van der Waals surface area (Å²) in [6.45, 7) is 0. The molecule has 0 amide bonds. The van der Waals surface area contributed by atoms with Crippen molar-refractivity contribution in [2.45, 2.75) is 37.7 Å². The molecule has 1 aromatic carbocycles. The minimum absolute atomic E-state index is 0.115. The second-order valence-electron chi connectivity index (χ2n) is 5.10. The Morgan fingerprint density at radius 3 is 2.38 bits per heavy atom. The van der Waals surface area contributed by atoms with E-state index in [9.17, 15) is 9.59 Å². The van der Waals surface area contributed by atoms with E-state index >= 15 is 0 Å². The van der Waals surface area contributed by atoms with Gasteiger partial charge in [-0.2, -0.15) is 0 Å². The van der Waals surface area contributed by atoms with Crippen molar-refractivity contribution in [3.63, 3.8) is 0 Å². The molecule has 0 atom stereocenters. The van der Waals surface area contributed by atoms with E-state index in [4.69, 9.17) is 9.84 Å². The molecule has 1 saturated carbocycles. The van der Waals surface area contributed by atoms with Gasteiger partial charge in [-0.3, -0.25) is 4.79 Å². The Balaban J connectivity index is 2.26.